The molecule has 8 aromatic carbocycles. The van der Waals surface area contributed by atoms with Crippen molar-refractivity contribution in [1.82, 2.24) is 9.88 Å². The lowest BCUT2D eigenvalue weighted by atomic mass is 10.0. The Morgan fingerprint density at radius 3 is 2.19 bits per heavy atom. The summed E-state index contributed by atoms with van der Waals surface area (Å²) in [6, 6.07) is 59.7. The van der Waals surface area contributed by atoms with Crippen LogP contribution in [0.15, 0.2) is 184 Å². The topological polar surface area (TPSA) is 54.8 Å². The van der Waals surface area contributed by atoms with E-state index in [2.05, 4.69) is 149 Å². The Kier molecular flexibility index (Phi) is 6.25. The zero-order valence-electron chi connectivity index (χ0n) is 28.0. The minimum absolute atomic E-state index is 0.322. The van der Waals surface area contributed by atoms with Gasteiger partial charge in [0.1, 0.15) is 23.2 Å². The van der Waals surface area contributed by atoms with Crippen molar-refractivity contribution in [3.05, 3.63) is 187 Å². The second-order valence-electron chi connectivity index (χ2n) is 13.4. The van der Waals surface area contributed by atoms with Crippen molar-refractivity contribution in [2.45, 2.75) is 6.17 Å². The van der Waals surface area contributed by atoms with Crippen LogP contribution in [0.1, 0.15) is 22.9 Å². The molecular weight excluding hydrogens is 637 g/mol. The first-order valence-corrected chi connectivity index (χ1v) is 17.6. The Morgan fingerprint density at radius 2 is 1.29 bits per heavy atom. The number of fused-ring (bicyclic) bond motifs is 9. The van der Waals surface area contributed by atoms with Gasteiger partial charge in [-0.1, -0.05) is 133 Å². The number of amidine groups is 2. The zero-order valence-corrected chi connectivity index (χ0v) is 28.0. The van der Waals surface area contributed by atoms with Crippen LogP contribution in [0.5, 0.6) is 0 Å². The molecule has 11 rings (SSSR count). The quantitative estimate of drug-likeness (QED) is 0.203. The van der Waals surface area contributed by atoms with Crippen LogP contribution in [0.25, 0.3) is 71.0 Å². The molecule has 0 aliphatic carbocycles. The molecule has 5 heteroatoms. The number of rotatable bonds is 4. The molecule has 0 fully saturated rings. The third-order valence-electron chi connectivity index (χ3n) is 10.4. The highest BCUT2D eigenvalue weighted by atomic mass is 16.3. The van der Waals surface area contributed by atoms with Gasteiger partial charge in [0.25, 0.3) is 0 Å². The summed E-state index contributed by atoms with van der Waals surface area (Å²) in [5.41, 5.74) is 8.05. The molecule has 5 nitrogen and oxygen atoms in total. The highest BCUT2D eigenvalue weighted by molar-refractivity contribution is 6.22. The monoisotopic (exact) mass is 666 g/mol. The molecule has 244 valence electrons. The second kappa shape index (κ2) is 11.3. The molecular formula is C47H30N4O. The van der Waals surface area contributed by atoms with Gasteiger partial charge in [-0.2, -0.15) is 0 Å². The number of aliphatic imine (C=N–C) groups is 2. The van der Waals surface area contributed by atoms with Gasteiger partial charge in [0, 0.05) is 49.8 Å². The summed E-state index contributed by atoms with van der Waals surface area (Å²) in [4.78, 5) is 10.4. The van der Waals surface area contributed by atoms with E-state index in [0.29, 0.717) is 5.84 Å². The van der Waals surface area contributed by atoms with E-state index in [9.17, 15) is 0 Å². The fourth-order valence-corrected chi connectivity index (χ4v) is 8.00. The smallest absolute Gasteiger partial charge is 0.160 e. The van der Waals surface area contributed by atoms with Crippen LogP contribution in [-0.2, 0) is 0 Å². The van der Waals surface area contributed by atoms with Gasteiger partial charge >= 0.3 is 0 Å². The van der Waals surface area contributed by atoms with Gasteiger partial charge in [-0.25, -0.2) is 9.98 Å². The standard InChI is InChI=1S/C47H30N4O/c1-2-13-31(14-3-1)45-48-46(33-22-21-29-11-4-5-15-32(29)27-33)50-47(49-45)39-18-10-20-41-43(39)38-26-24-34(28-42(38)52-41)51-40-19-9-8-17-36(40)37-25-23-30-12-6-7-16-35(30)44(37)51/h1-28,46H,(H,48,49,50). The Bertz CT molecular complexity index is 3110. The molecule has 3 heterocycles. The molecule has 0 radical (unpaired) electrons. The van der Waals surface area contributed by atoms with Crippen LogP contribution in [-0.4, -0.2) is 16.2 Å². The summed E-state index contributed by atoms with van der Waals surface area (Å²) in [7, 11) is 0. The van der Waals surface area contributed by atoms with Crippen LogP contribution in [0, 0.1) is 0 Å². The average Bonchev–Trinajstić information content (AvgIpc) is 3.76. The maximum atomic E-state index is 6.67. The second-order valence-corrected chi connectivity index (χ2v) is 13.4. The molecule has 0 saturated carbocycles. The average molecular weight is 667 g/mol. The fourth-order valence-electron chi connectivity index (χ4n) is 8.00. The molecule has 1 unspecified atom stereocenters. The molecule has 1 aliphatic heterocycles. The molecule has 0 spiro atoms. The number of nitrogens with zero attached hydrogens (tertiary/aromatic N) is 3. The predicted molar refractivity (Wildman–Crippen MR) is 215 cm³/mol. The molecule has 10 aromatic rings. The number of aromatic nitrogens is 1. The van der Waals surface area contributed by atoms with Gasteiger partial charge in [0.05, 0.1) is 11.0 Å². The Morgan fingerprint density at radius 1 is 0.538 bits per heavy atom. The van der Waals surface area contributed by atoms with Crippen molar-refractivity contribution >= 4 is 77.0 Å². The van der Waals surface area contributed by atoms with E-state index in [1.54, 1.807) is 0 Å². The van der Waals surface area contributed by atoms with E-state index in [1.807, 2.05) is 30.3 Å². The summed E-state index contributed by atoms with van der Waals surface area (Å²) in [6.45, 7) is 0. The van der Waals surface area contributed by atoms with Gasteiger partial charge < -0.3 is 14.3 Å². The van der Waals surface area contributed by atoms with Gasteiger partial charge in [-0.15, -0.1) is 0 Å². The summed E-state index contributed by atoms with van der Waals surface area (Å²) >= 11 is 0. The fraction of sp³-hybridized carbons (Fsp3) is 0.0213. The molecule has 1 atom stereocenters. The normalized spacial score (nSPS) is 14.7. The van der Waals surface area contributed by atoms with Gasteiger partial charge in [-0.3, -0.25) is 0 Å². The van der Waals surface area contributed by atoms with Crippen molar-refractivity contribution in [2.24, 2.45) is 9.98 Å². The third-order valence-corrected chi connectivity index (χ3v) is 10.4. The van der Waals surface area contributed by atoms with E-state index in [-0.39, 0.29) is 6.17 Å². The van der Waals surface area contributed by atoms with Gasteiger partial charge in [0.15, 0.2) is 5.84 Å². The van der Waals surface area contributed by atoms with Crippen molar-refractivity contribution in [3.8, 4) is 5.69 Å². The summed E-state index contributed by atoms with van der Waals surface area (Å²) in [5.74, 6) is 1.46. The maximum Gasteiger partial charge on any atom is 0.160 e. The van der Waals surface area contributed by atoms with E-state index < -0.39 is 0 Å². The number of hydrogen-bond donors (Lipinski definition) is 1. The Labute approximate surface area is 298 Å². The molecule has 0 amide bonds. The largest absolute Gasteiger partial charge is 0.456 e. The SMILES string of the molecule is c1ccc(C2=NC(c3cccc4oc5cc(-n6c7ccccc7c7ccc8ccccc8c76)ccc5c34)=NC(c3ccc4ccccc4c3)N2)cc1. The minimum Gasteiger partial charge on any atom is -0.456 e. The Hall–Kier alpha value is -6.98. The minimum atomic E-state index is -0.322. The molecule has 0 saturated heterocycles. The van der Waals surface area contributed by atoms with Crippen LogP contribution in [0.3, 0.4) is 0 Å². The number of furan rings is 1. The summed E-state index contributed by atoms with van der Waals surface area (Å²) < 4.78 is 9.05. The number of hydrogen-bond acceptors (Lipinski definition) is 4. The first-order valence-electron chi connectivity index (χ1n) is 17.6. The van der Waals surface area contributed by atoms with Gasteiger partial charge in [0.2, 0.25) is 0 Å². The number of nitrogens with one attached hydrogen (secondary N) is 1. The Balaban J connectivity index is 1.11. The first-order chi connectivity index (χ1) is 25.8. The van der Waals surface area contributed by atoms with Crippen LogP contribution < -0.4 is 5.32 Å². The number of para-hydroxylation sites is 1. The van der Waals surface area contributed by atoms with Crippen molar-refractivity contribution in [1.29, 1.82) is 0 Å². The van der Waals surface area contributed by atoms with Gasteiger partial charge in [-0.05, 0) is 52.1 Å². The molecule has 2 aromatic heterocycles. The third kappa shape index (κ3) is 4.42. The number of benzene rings is 8. The van der Waals surface area contributed by atoms with Crippen molar-refractivity contribution < 1.29 is 4.42 Å². The van der Waals surface area contributed by atoms with Crippen LogP contribution in [0.4, 0.5) is 0 Å². The molecule has 0 bridgehead atoms. The lowest BCUT2D eigenvalue weighted by Gasteiger charge is -2.24. The summed E-state index contributed by atoms with van der Waals surface area (Å²) in [6.07, 6.45) is -0.322. The van der Waals surface area contributed by atoms with Crippen molar-refractivity contribution in [2.75, 3.05) is 0 Å². The van der Waals surface area contributed by atoms with Crippen molar-refractivity contribution in [3.63, 3.8) is 0 Å². The van der Waals surface area contributed by atoms with Crippen LogP contribution in [0.2, 0.25) is 0 Å². The summed E-state index contributed by atoms with van der Waals surface area (Å²) in [5, 5.41) is 12.9. The first kappa shape index (κ1) is 28.8. The molecule has 1 aliphatic rings. The van der Waals surface area contributed by atoms with Crippen LogP contribution >= 0.6 is 0 Å². The maximum absolute atomic E-state index is 6.67. The lowest BCUT2D eigenvalue weighted by Crippen LogP contribution is -2.33. The highest BCUT2D eigenvalue weighted by Gasteiger charge is 2.24. The highest BCUT2D eigenvalue weighted by Crippen LogP contribution is 2.39. The molecule has 1 N–H and O–H groups in total. The van der Waals surface area contributed by atoms with E-state index >= 15 is 0 Å². The van der Waals surface area contributed by atoms with E-state index in [4.69, 9.17) is 14.4 Å². The van der Waals surface area contributed by atoms with E-state index in [0.717, 1.165) is 55.7 Å². The zero-order chi connectivity index (χ0) is 34.2. The van der Waals surface area contributed by atoms with E-state index in [1.165, 1.54) is 37.8 Å². The lowest BCUT2D eigenvalue weighted by molar-refractivity contribution is 0.668. The predicted octanol–water partition coefficient (Wildman–Crippen LogP) is 11.5. The molecule has 52 heavy (non-hydrogen) atoms.